The molecule has 0 spiro atoms. The van der Waals surface area contributed by atoms with E-state index in [1.807, 2.05) is 0 Å². The third kappa shape index (κ3) is 2.35. The number of rotatable bonds is 1. The van der Waals surface area contributed by atoms with Gasteiger partial charge >= 0.3 is 12.1 Å². The fourth-order valence-corrected chi connectivity index (χ4v) is 1.73. The number of carboxylic acid groups (broad SMARTS) is 1. The number of hydrogen-bond donors (Lipinski definition) is 1. The van der Waals surface area contributed by atoms with Gasteiger partial charge in [0.05, 0.1) is 11.5 Å². The summed E-state index contributed by atoms with van der Waals surface area (Å²) in [6.07, 6.45) is -4.36. The quantitative estimate of drug-likeness (QED) is 0.827. The largest absolute Gasteiger partial charge is 0.492 e. The Labute approximate surface area is 94.8 Å². The van der Waals surface area contributed by atoms with Crippen molar-refractivity contribution in [2.75, 3.05) is 6.61 Å². The average Bonchev–Trinajstić information content (AvgIpc) is 2.26. The van der Waals surface area contributed by atoms with Gasteiger partial charge in [0.15, 0.2) is 0 Å². The van der Waals surface area contributed by atoms with Crippen LogP contribution in [0.5, 0.6) is 5.75 Å². The lowest BCUT2D eigenvalue weighted by atomic mass is 9.95. The smallest absolute Gasteiger partial charge is 0.416 e. The monoisotopic (exact) mass is 246 g/mol. The average molecular weight is 246 g/mol. The van der Waals surface area contributed by atoms with Crippen LogP contribution in [0.3, 0.4) is 0 Å². The standard InChI is InChI=1S/C11H9F3O3/c12-11(13,14)8-1-2-9-6(4-8)3-7(5-17-9)10(15)16/h1-2,4,7H,3,5H2,(H,15,16)/t7-/m0/s1. The van der Waals surface area contributed by atoms with E-state index in [2.05, 4.69) is 0 Å². The van der Waals surface area contributed by atoms with Crippen LogP contribution in [0, 0.1) is 5.92 Å². The molecule has 0 aliphatic carbocycles. The van der Waals surface area contributed by atoms with Crippen molar-refractivity contribution in [1.29, 1.82) is 0 Å². The first-order valence-electron chi connectivity index (χ1n) is 4.93. The Kier molecular flexibility index (Phi) is 2.73. The van der Waals surface area contributed by atoms with Crippen LogP contribution in [0.2, 0.25) is 0 Å². The number of carboxylic acids is 1. The second kappa shape index (κ2) is 3.94. The first kappa shape index (κ1) is 11.8. The predicted octanol–water partition coefficient (Wildman–Crippen LogP) is 2.34. The van der Waals surface area contributed by atoms with Gasteiger partial charge in [0, 0.05) is 0 Å². The first-order chi connectivity index (χ1) is 7.88. The summed E-state index contributed by atoms with van der Waals surface area (Å²) >= 11 is 0. The highest BCUT2D eigenvalue weighted by atomic mass is 19.4. The van der Waals surface area contributed by atoms with Crippen LogP contribution in [-0.4, -0.2) is 17.7 Å². The van der Waals surface area contributed by atoms with Gasteiger partial charge in [-0.15, -0.1) is 0 Å². The van der Waals surface area contributed by atoms with Crippen LogP contribution in [-0.2, 0) is 17.4 Å². The Morgan fingerprint density at radius 1 is 1.41 bits per heavy atom. The lowest BCUT2D eigenvalue weighted by Crippen LogP contribution is -2.28. The molecule has 0 aromatic heterocycles. The molecule has 6 heteroatoms. The van der Waals surface area contributed by atoms with Crippen LogP contribution in [0.1, 0.15) is 11.1 Å². The zero-order chi connectivity index (χ0) is 12.6. The van der Waals surface area contributed by atoms with E-state index in [9.17, 15) is 18.0 Å². The fourth-order valence-electron chi connectivity index (χ4n) is 1.73. The van der Waals surface area contributed by atoms with Crippen LogP contribution >= 0.6 is 0 Å². The molecule has 0 amide bonds. The van der Waals surface area contributed by atoms with E-state index in [1.165, 1.54) is 6.07 Å². The summed E-state index contributed by atoms with van der Waals surface area (Å²) in [5.74, 6) is -1.52. The Morgan fingerprint density at radius 3 is 2.71 bits per heavy atom. The molecule has 0 bridgehead atoms. The second-order valence-corrected chi connectivity index (χ2v) is 3.87. The number of ether oxygens (including phenoxy) is 1. The van der Waals surface area contributed by atoms with Gasteiger partial charge in [-0.2, -0.15) is 13.2 Å². The fraction of sp³-hybridized carbons (Fsp3) is 0.364. The van der Waals surface area contributed by atoms with Gasteiger partial charge < -0.3 is 9.84 Å². The van der Waals surface area contributed by atoms with Crippen molar-refractivity contribution in [1.82, 2.24) is 0 Å². The van der Waals surface area contributed by atoms with Gasteiger partial charge in [-0.05, 0) is 30.2 Å². The SMILES string of the molecule is O=C(O)[C@@H]1COc2ccc(C(F)(F)F)cc2C1. The molecule has 0 radical (unpaired) electrons. The molecule has 0 fully saturated rings. The number of fused-ring (bicyclic) bond motifs is 1. The van der Waals surface area contributed by atoms with Crippen LogP contribution in [0.25, 0.3) is 0 Å². The molecule has 0 saturated carbocycles. The van der Waals surface area contributed by atoms with Gasteiger partial charge in [-0.25, -0.2) is 0 Å². The summed E-state index contributed by atoms with van der Waals surface area (Å²) in [7, 11) is 0. The molecule has 92 valence electrons. The summed E-state index contributed by atoms with van der Waals surface area (Å²) in [6.45, 7) is -0.00625. The van der Waals surface area contributed by atoms with Crippen molar-refractivity contribution in [2.24, 2.45) is 5.92 Å². The summed E-state index contributed by atoms with van der Waals surface area (Å²) < 4.78 is 42.5. The molecular weight excluding hydrogens is 237 g/mol. The molecule has 1 heterocycles. The zero-order valence-corrected chi connectivity index (χ0v) is 8.62. The van der Waals surface area contributed by atoms with Crippen LogP contribution in [0.15, 0.2) is 18.2 Å². The third-order valence-corrected chi connectivity index (χ3v) is 2.64. The molecule has 3 nitrogen and oxygen atoms in total. The third-order valence-electron chi connectivity index (χ3n) is 2.64. The predicted molar refractivity (Wildman–Crippen MR) is 51.8 cm³/mol. The number of alkyl halides is 3. The highest BCUT2D eigenvalue weighted by Gasteiger charge is 2.33. The summed E-state index contributed by atoms with van der Waals surface area (Å²) in [5, 5.41) is 8.79. The lowest BCUT2D eigenvalue weighted by molar-refractivity contribution is -0.143. The molecule has 0 unspecified atom stereocenters. The minimum absolute atomic E-state index is 0.00625. The Balaban J connectivity index is 2.32. The normalized spacial score (nSPS) is 19.4. The molecule has 1 atom stereocenters. The molecular formula is C11H9F3O3. The van der Waals surface area contributed by atoms with E-state index in [4.69, 9.17) is 9.84 Å². The topological polar surface area (TPSA) is 46.5 Å². The molecule has 17 heavy (non-hydrogen) atoms. The van der Waals surface area contributed by atoms with Gasteiger partial charge in [0.1, 0.15) is 12.4 Å². The number of carbonyl (C=O) groups is 1. The zero-order valence-electron chi connectivity index (χ0n) is 8.62. The van der Waals surface area contributed by atoms with Crippen LogP contribution < -0.4 is 4.74 Å². The maximum absolute atomic E-state index is 12.5. The van der Waals surface area contributed by atoms with Crippen molar-refractivity contribution < 1.29 is 27.8 Å². The highest BCUT2D eigenvalue weighted by molar-refractivity contribution is 5.71. The van der Waals surface area contributed by atoms with Crippen molar-refractivity contribution in [3.8, 4) is 5.75 Å². The molecule has 1 aromatic carbocycles. The summed E-state index contributed by atoms with van der Waals surface area (Å²) in [4.78, 5) is 10.7. The van der Waals surface area contributed by atoms with E-state index in [1.54, 1.807) is 0 Å². The van der Waals surface area contributed by atoms with Crippen molar-refractivity contribution in [3.63, 3.8) is 0 Å². The Bertz CT molecular complexity index is 454. The van der Waals surface area contributed by atoms with E-state index in [0.29, 0.717) is 11.3 Å². The molecule has 1 aliphatic rings. The molecule has 2 rings (SSSR count). The Morgan fingerprint density at radius 2 is 2.12 bits per heavy atom. The number of hydrogen-bond acceptors (Lipinski definition) is 2. The minimum Gasteiger partial charge on any atom is -0.492 e. The van der Waals surface area contributed by atoms with Crippen molar-refractivity contribution >= 4 is 5.97 Å². The minimum atomic E-state index is -4.43. The van der Waals surface area contributed by atoms with E-state index in [-0.39, 0.29) is 13.0 Å². The lowest BCUT2D eigenvalue weighted by Gasteiger charge is -2.23. The molecule has 1 N–H and O–H groups in total. The summed E-state index contributed by atoms with van der Waals surface area (Å²) in [5.41, 5.74) is -0.496. The molecule has 0 saturated heterocycles. The molecule has 1 aromatic rings. The first-order valence-corrected chi connectivity index (χ1v) is 4.93. The van der Waals surface area contributed by atoms with Gasteiger partial charge in [0.25, 0.3) is 0 Å². The Hall–Kier alpha value is -1.72. The van der Waals surface area contributed by atoms with Gasteiger partial charge in [-0.1, -0.05) is 0 Å². The van der Waals surface area contributed by atoms with E-state index < -0.39 is 23.6 Å². The van der Waals surface area contributed by atoms with E-state index in [0.717, 1.165) is 12.1 Å². The maximum Gasteiger partial charge on any atom is 0.416 e. The van der Waals surface area contributed by atoms with Crippen LogP contribution in [0.4, 0.5) is 13.2 Å². The number of benzene rings is 1. The van der Waals surface area contributed by atoms with Gasteiger partial charge in [0.2, 0.25) is 0 Å². The summed E-state index contributed by atoms with van der Waals surface area (Å²) in [6, 6.07) is 3.11. The number of aliphatic carboxylic acids is 1. The van der Waals surface area contributed by atoms with E-state index >= 15 is 0 Å². The highest BCUT2D eigenvalue weighted by Crippen LogP contribution is 2.35. The second-order valence-electron chi connectivity index (χ2n) is 3.87. The van der Waals surface area contributed by atoms with Crippen molar-refractivity contribution in [3.05, 3.63) is 29.3 Å². The molecule has 1 aliphatic heterocycles. The van der Waals surface area contributed by atoms with Gasteiger partial charge in [-0.3, -0.25) is 4.79 Å². The maximum atomic E-state index is 12.5. The number of halogens is 3. The van der Waals surface area contributed by atoms with Crippen molar-refractivity contribution in [2.45, 2.75) is 12.6 Å².